The van der Waals surface area contributed by atoms with Crippen LogP contribution in [-0.4, -0.2) is 65.2 Å². The van der Waals surface area contributed by atoms with Crippen molar-refractivity contribution in [3.63, 3.8) is 0 Å². The molecule has 0 unspecified atom stereocenters. The molecule has 38 heavy (non-hydrogen) atoms. The number of ether oxygens (including phenoxy) is 2. The van der Waals surface area contributed by atoms with Gasteiger partial charge in [0.25, 0.3) is 0 Å². The number of methoxy groups -OCH3 is 2. The van der Waals surface area contributed by atoms with Gasteiger partial charge in [-0.1, -0.05) is 11.6 Å². The summed E-state index contributed by atoms with van der Waals surface area (Å²) in [4.78, 5) is 65.5. The van der Waals surface area contributed by atoms with Gasteiger partial charge in [-0.15, -0.1) is 0 Å². The van der Waals surface area contributed by atoms with Crippen LogP contribution in [0.1, 0.15) is 30.7 Å². The van der Waals surface area contributed by atoms with Gasteiger partial charge in [0.2, 0.25) is 11.8 Å². The van der Waals surface area contributed by atoms with Gasteiger partial charge in [-0.2, -0.15) is 0 Å². The lowest BCUT2D eigenvalue weighted by molar-refractivity contribution is -0.142. The van der Waals surface area contributed by atoms with Gasteiger partial charge < -0.3 is 19.7 Å². The molecule has 0 bridgehead atoms. The number of phenolic OH excluding ortho intramolecular Hbond substituents is 1. The van der Waals surface area contributed by atoms with Crippen molar-refractivity contribution < 1.29 is 43.7 Å². The first-order chi connectivity index (χ1) is 18.1. The van der Waals surface area contributed by atoms with Crippen LogP contribution < -0.4 is 9.47 Å². The lowest BCUT2D eigenvalue weighted by atomic mass is 9.59. The molecule has 1 fully saturated rings. The molecule has 198 valence electrons. The number of carboxylic acids is 1. The van der Waals surface area contributed by atoms with E-state index in [-0.39, 0.29) is 70.3 Å². The van der Waals surface area contributed by atoms with E-state index in [0.29, 0.717) is 11.1 Å². The van der Waals surface area contributed by atoms with Crippen molar-refractivity contribution in [2.24, 2.45) is 17.8 Å². The van der Waals surface area contributed by atoms with Gasteiger partial charge in [0.1, 0.15) is 17.2 Å². The van der Waals surface area contributed by atoms with E-state index in [4.69, 9.17) is 14.6 Å². The molecule has 1 aromatic rings. The van der Waals surface area contributed by atoms with Crippen LogP contribution in [0.4, 0.5) is 0 Å². The molecule has 0 radical (unpaired) electrons. The number of fused-ring (bicyclic) bond motifs is 3. The van der Waals surface area contributed by atoms with Crippen LogP contribution >= 0.6 is 15.9 Å². The molecule has 1 aromatic carbocycles. The quantitative estimate of drug-likeness (QED) is 0.292. The standard InChI is InChI=1S/C27H24BrNO9/c1-37-18-7-11(30)8-19(38-2)24(18)23-12-3-4-13-21(27(36)29(26(13)35)6-5-20(32)33)14(12)9-15-22(23)17(31)10-16(28)25(15)34/h3,7-8,10,13-14,21,23,30H,4-6,9H2,1-2H3,(H,32,33)/t13-,14+,21-,23-/m0/s1. The van der Waals surface area contributed by atoms with Crippen LogP contribution in [0.15, 0.2) is 45.5 Å². The number of nitrogens with zero attached hydrogens (tertiary/aromatic N) is 1. The minimum absolute atomic E-state index is 0.0703. The zero-order chi connectivity index (χ0) is 27.5. The van der Waals surface area contributed by atoms with Crippen molar-refractivity contribution in [2.45, 2.75) is 25.2 Å². The van der Waals surface area contributed by atoms with Crippen molar-refractivity contribution in [2.75, 3.05) is 20.8 Å². The van der Waals surface area contributed by atoms with Gasteiger partial charge in [-0.3, -0.25) is 28.9 Å². The summed E-state index contributed by atoms with van der Waals surface area (Å²) in [5.41, 5.74) is 1.57. The van der Waals surface area contributed by atoms with Crippen LogP contribution in [0.5, 0.6) is 17.2 Å². The third kappa shape index (κ3) is 3.87. The molecule has 5 rings (SSSR count). The number of rotatable bonds is 6. The predicted octanol–water partition coefficient (Wildman–Crippen LogP) is 2.65. The fourth-order valence-corrected chi connectivity index (χ4v) is 6.69. The molecule has 1 saturated heterocycles. The fraction of sp³-hybridized carbons (Fsp3) is 0.370. The van der Waals surface area contributed by atoms with E-state index in [9.17, 15) is 29.1 Å². The number of phenols is 1. The zero-order valence-corrected chi connectivity index (χ0v) is 22.1. The van der Waals surface area contributed by atoms with E-state index >= 15 is 0 Å². The Morgan fingerprint density at radius 1 is 1.08 bits per heavy atom. The smallest absolute Gasteiger partial charge is 0.305 e. The summed E-state index contributed by atoms with van der Waals surface area (Å²) in [7, 11) is 2.81. The lowest BCUT2D eigenvalue weighted by Gasteiger charge is -2.42. The van der Waals surface area contributed by atoms with Crippen LogP contribution in [-0.2, 0) is 24.0 Å². The van der Waals surface area contributed by atoms with Crippen LogP contribution in [0, 0.1) is 17.8 Å². The molecule has 11 heteroatoms. The number of aromatic hydroxyl groups is 1. The Kier molecular flexibility index (Phi) is 6.50. The number of aliphatic carboxylic acids is 1. The molecule has 0 aromatic heterocycles. The van der Waals surface area contributed by atoms with E-state index in [0.717, 1.165) is 4.90 Å². The highest BCUT2D eigenvalue weighted by atomic mass is 79.9. The van der Waals surface area contributed by atoms with Crippen molar-refractivity contribution >= 4 is 45.3 Å². The molecule has 0 spiro atoms. The maximum Gasteiger partial charge on any atom is 0.305 e. The number of amides is 2. The maximum absolute atomic E-state index is 13.5. The van der Waals surface area contributed by atoms with Gasteiger partial charge in [0, 0.05) is 47.4 Å². The van der Waals surface area contributed by atoms with Crippen LogP contribution in [0.3, 0.4) is 0 Å². The van der Waals surface area contributed by atoms with Crippen LogP contribution in [0.25, 0.3) is 0 Å². The second-order valence-electron chi connectivity index (χ2n) is 9.63. The van der Waals surface area contributed by atoms with Crippen LogP contribution in [0.2, 0.25) is 0 Å². The third-order valence-electron chi connectivity index (χ3n) is 7.79. The summed E-state index contributed by atoms with van der Waals surface area (Å²) in [5, 5.41) is 19.3. The molecular weight excluding hydrogens is 562 g/mol. The maximum atomic E-state index is 13.5. The summed E-state index contributed by atoms with van der Waals surface area (Å²) in [6.45, 7) is -0.231. The second-order valence-corrected chi connectivity index (χ2v) is 10.5. The molecule has 1 aliphatic heterocycles. The van der Waals surface area contributed by atoms with E-state index in [1.807, 2.05) is 6.08 Å². The Hall–Kier alpha value is -3.73. The molecule has 10 nitrogen and oxygen atoms in total. The van der Waals surface area contributed by atoms with Crippen molar-refractivity contribution in [1.29, 1.82) is 0 Å². The molecule has 2 N–H and O–H groups in total. The monoisotopic (exact) mass is 585 g/mol. The predicted molar refractivity (Wildman–Crippen MR) is 135 cm³/mol. The number of carbonyl (C=O) groups is 5. The SMILES string of the molecule is COc1cc(O)cc(OC)c1[C@H]1C2=CC[C@@H]3C(=O)N(CCC(=O)O)C(=O)[C@@H]3[C@@H]2CC2=C1C(=O)C=C(Br)C2=O. The Labute approximate surface area is 225 Å². The van der Waals surface area contributed by atoms with Gasteiger partial charge in [0.15, 0.2) is 11.6 Å². The highest BCUT2D eigenvalue weighted by Crippen LogP contribution is 2.58. The number of hydrogen-bond donors (Lipinski definition) is 2. The number of carbonyl (C=O) groups excluding carboxylic acids is 4. The molecule has 0 saturated carbocycles. The van der Waals surface area contributed by atoms with Crippen molar-refractivity contribution in [3.8, 4) is 17.2 Å². The van der Waals surface area contributed by atoms with E-state index in [1.165, 1.54) is 32.4 Å². The molecule has 1 heterocycles. The number of imide groups is 1. The van der Waals surface area contributed by atoms with Gasteiger partial charge in [-0.05, 0) is 34.7 Å². The van der Waals surface area contributed by atoms with Gasteiger partial charge >= 0.3 is 5.97 Å². The summed E-state index contributed by atoms with van der Waals surface area (Å²) in [6, 6.07) is 2.76. The van der Waals surface area contributed by atoms with E-state index in [2.05, 4.69) is 15.9 Å². The number of halogens is 1. The number of likely N-dealkylation sites (tertiary alicyclic amines) is 1. The molecule has 4 aliphatic rings. The highest BCUT2D eigenvalue weighted by molar-refractivity contribution is 9.12. The van der Waals surface area contributed by atoms with E-state index < -0.39 is 41.5 Å². The minimum atomic E-state index is -1.12. The first-order valence-corrected chi connectivity index (χ1v) is 12.8. The first kappa shape index (κ1) is 25.9. The van der Waals surface area contributed by atoms with Gasteiger partial charge in [-0.25, -0.2) is 0 Å². The summed E-state index contributed by atoms with van der Waals surface area (Å²) in [6.07, 6.45) is 2.97. The normalized spacial score (nSPS) is 26.4. The largest absolute Gasteiger partial charge is 0.508 e. The Balaban J connectivity index is 1.70. The minimum Gasteiger partial charge on any atom is -0.508 e. The molecular formula is C27H24BrNO9. The first-order valence-electron chi connectivity index (χ1n) is 12.0. The van der Waals surface area contributed by atoms with Gasteiger partial charge in [0.05, 0.1) is 37.0 Å². The molecule has 2 amide bonds. The summed E-state index contributed by atoms with van der Waals surface area (Å²) < 4.78 is 11.2. The third-order valence-corrected chi connectivity index (χ3v) is 8.38. The number of Topliss-reactive ketones (excluding diaryl/α,β-unsaturated/α-hetero) is 1. The van der Waals surface area contributed by atoms with Crippen molar-refractivity contribution in [3.05, 3.63) is 51.0 Å². The average molecular weight is 586 g/mol. The van der Waals surface area contributed by atoms with Crippen molar-refractivity contribution in [1.82, 2.24) is 4.90 Å². The Morgan fingerprint density at radius 2 is 1.74 bits per heavy atom. The zero-order valence-electron chi connectivity index (χ0n) is 20.5. The Morgan fingerprint density at radius 3 is 2.34 bits per heavy atom. The number of hydrogen-bond acceptors (Lipinski definition) is 8. The number of ketones is 2. The number of carboxylic acid groups (broad SMARTS) is 1. The van der Waals surface area contributed by atoms with E-state index in [1.54, 1.807) is 0 Å². The average Bonchev–Trinajstić information content (AvgIpc) is 3.13. The summed E-state index contributed by atoms with van der Waals surface area (Å²) in [5.74, 6) is -5.40. The second kappa shape index (κ2) is 9.54. The number of benzene rings is 1. The fourth-order valence-electron chi connectivity index (χ4n) is 6.24. The topological polar surface area (TPSA) is 148 Å². The molecule has 4 atom stereocenters. The molecule has 3 aliphatic carbocycles. The summed E-state index contributed by atoms with van der Waals surface area (Å²) >= 11 is 3.18. The highest BCUT2D eigenvalue weighted by Gasteiger charge is 2.56. The lowest BCUT2D eigenvalue weighted by Crippen LogP contribution is -2.40. The Bertz CT molecular complexity index is 1380. The number of allylic oxidation sites excluding steroid dienone is 6.